The number of fused-ring (bicyclic) bond motifs is 1. The number of aromatic nitrogens is 2. The molecule has 0 aliphatic heterocycles. The number of carboxylic acid groups (broad SMARTS) is 1. The van der Waals surface area contributed by atoms with Crippen LogP contribution in [-0.2, 0) is 13.0 Å². The Labute approximate surface area is 249 Å². The average molecular weight is 582 g/mol. The van der Waals surface area contributed by atoms with Gasteiger partial charge < -0.3 is 15.0 Å². The van der Waals surface area contributed by atoms with Crippen molar-refractivity contribution in [2.24, 2.45) is 0 Å². The van der Waals surface area contributed by atoms with Crippen molar-refractivity contribution in [3.8, 4) is 11.1 Å². The second kappa shape index (κ2) is 12.6. The molecule has 214 valence electrons. The van der Waals surface area contributed by atoms with Crippen LogP contribution in [0, 0.1) is 12.7 Å². The normalized spacial score (nSPS) is 11.9. The van der Waals surface area contributed by atoms with E-state index in [0.29, 0.717) is 23.4 Å². The van der Waals surface area contributed by atoms with E-state index in [9.17, 15) is 19.1 Å². The highest BCUT2D eigenvalue weighted by atomic mass is 32.1. The van der Waals surface area contributed by atoms with Crippen molar-refractivity contribution in [3.63, 3.8) is 0 Å². The number of nitrogens with zero attached hydrogens (tertiary/aromatic N) is 2. The quantitative estimate of drug-likeness (QED) is 0.152. The Bertz CT molecular complexity index is 1750. The van der Waals surface area contributed by atoms with Crippen molar-refractivity contribution < 1.29 is 19.1 Å². The van der Waals surface area contributed by atoms with Gasteiger partial charge in [0.05, 0.1) is 22.6 Å². The average Bonchev–Trinajstić information content (AvgIpc) is 3.34. The minimum absolute atomic E-state index is 0.241. The number of imidazole rings is 1. The van der Waals surface area contributed by atoms with Crippen LogP contribution in [-0.4, -0.2) is 32.3 Å². The third kappa shape index (κ3) is 6.09. The lowest BCUT2D eigenvalue weighted by Crippen LogP contribution is -2.29. The van der Waals surface area contributed by atoms with Crippen LogP contribution < -0.4 is 5.32 Å². The molecule has 0 aliphatic carbocycles. The van der Waals surface area contributed by atoms with Crippen molar-refractivity contribution in [2.45, 2.75) is 39.3 Å². The number of aromatic carboxylic acids is 1. The Kier molecular flexibility index (Phi) is 8.73. The summed E-state index contributed by atoms with van der Waals surface area (Å²) >= 11 is 4.41. The maximum absolute atomic E-state index is 13.4. The Morgan fingerprint density at radius 2 is 1.74 bits per heavy atom. The van der Waals surface area contributed by atoms with Crippen molar-refractivity contribution in [1.82, 2.24) is 14.9 Å². The number of amides is 1. The van der Waals surface area contributed by atoms with E-state index in [1.807, 2.05) is 55.5 Å². The zero-order valence-corrected chi connectivity index (χ0v) is 24.4. The highest BCUT2D eigenvalue weighted by molar-refractivity contribution is 7.80. The minimum Gasteiger partial charge on any atom is -0.478 e. The first kappa shape index (κ1) is 29.1. The van der Waals surface area contributed by atoms with Gasteiger partial charge in [-0.05, 0) is 71.5 Å². The van der Waals surface area contributed by atoms with Gasteiger partial charge in [-0.1, -0.05) is 61.5 Å². The van der Waals surface area contributed by atoms with Crippen LogP contribution in [0.3, 0.4) is 0 Å². The van der Waals surface area contributed by atoms with Crippen molar-refractivity contribution in [3.05, 3.63) is 124 Å². The smallest absolute Gasteiger partial charge is 0.336 e. The summed E-state index contributed by atoms with van der Waals surface area (Å²) in [4.78, 5) is 30.1. The largest absolute Gasteiger partial charge is 0.478 e. The molecule has 1 unspecified atom stereocenters. The molecule has 0 saturated heterocycles. The fraction of sp³-hybridized carbons (Fsp3) is 0.206. The summed E-state index contributed by atoms with van der Waals surface area (Å²) < 4.78 is 15.6. The molecule has 1 atom stereocenters. The molecule has 1 amide bonds. The fourth-order valence-electron chi connectivity index (χ4n) is 5.23. The molecule has 4 aromatic carbocycles. The van der Waals surface area contributed by atoms with Gasteiger partial charge in [-0.3, -0.25) is 4.79 Å². The predicted octanol–water partition coefficient (Wildman–Crippen LogP) is 7.25. The third-order valence-corrected chi connectivity index (χ3v) is 7.75. The van der Waals surface area contributed by atoms with Crippen molar-refractivity contribution >= 4 is 35.5 Å². The topological polar surface area (TPSA) is 84.2 Å². The summed E-state index contributed by atoms with van der Waals surface area (Å²) in [5, 5.41) is 12.6. The maximum atomic E-state index is 13.4. The molecule has 0 aliphatic rings. The molecular weight excluding hydrogens is 549 g/mol. The van der Waals surface area contributed by atoms with Gasteiger partial charge in [-0.2, -0.15) is 12.6 Å². The van der Waals surface area contributed by atoms with E-state index in [4.69, 9.17) is 4.98 Å². The van der Waals surface area contributed by atoms with E-state index in [2.05, 4.69) is 29.4 Å². The molecule has 5 aromatic rings. The Hall–Kier alpha value is -4.43. The van der Waals surface area contributed by atoms with Crippen LogP contribution in [0.5, 0.6) is 0 Å². The van der Waals surface area contributed by atoms with Gasteiger partial charge in [0.15, 0.2) is 0 Å². The summed E-state index contributed by atoms with van der Waals surface area (Å²) in [7, 11) is 0. The molecule has 8 heteroatoms. The summed E-state index contributed by atoms with van der Waals surface area (Å²) in [6.45, 7) is 4.61. The second-order valence-corrected chi connectivity index (χ2v) is 10.7. The first-order chi connectivity index (χ1) is 20.3. The lowest BCUT2D eigenvalue weighted by Gasteiger charge is -2.17. The lowest BCUT2D eigenvalue weighted by atomic mass is 9.98. The molecule has 0 fully saturated rings. The fourth-order valence-corrected chi connectivity index (χ4v) is 5.53. The Balaban J connectivity index is 1.47. The van der Waals surface area contributed by atoms with Gasteiger partial charge in [0.25, 0.3) is 5.91 Å². The number of rotatable bonds is 10. The number of benzene rings is 4. The molecule has 2 N–H and O–H groups in total. The van der Waals surface area contributed by atoms with Crippen molar-refractivity contribution in [1.29, 1.82) is 0 Å². The van der Waals surface area contributed by atoms with Gasteiger partial charge in [0, 0.05) is 24.3 Å². The molecule has 0 bridgehead atoms. The van der Waals surface area contributed by atoms with Gasteiger partial charge in [0.1, 0.15) is 11.6 Å². The zero-order chi connectivity index (χ0) is 29.8. The molecular formula is C34H32FN3O3S. The van der Waals surface area contributed by atoms with Gasteiger partial charge in [-0.25, -0.2) is 14.2 Å². The monoisotopic (exact) mass is 581 g/mol. The second-order valence-electron chi connectivity index (χ2n) is 10.3. The van der Waals surface area contributed by atoms with E-state index in [0.717, 1.165) is 52.0 Å². The molecule has 5 rings (SSSR count). The number of carboxylic acids is 1. The standard InChI is InChI=1S/C34H32FN3O3S/c1-3-6-31-37-32-21(2)17-25(33(39)36-29(20-42)24-13-15-26(35)16-14-24)18-30(32)38(31)19-22-9-11-23(12-10-22)27-7-4-5-8-28(27)34(40)41/h4-5,7-18,29,42H,3,6,19-20H2,1-2H3,(H,36,39)(H,40,41). The van der Waals surface area contributed by atoms with Crippen LogP contribution in [0.15, 0.2) is 84.9 Å². The number of halogens is 1. The molecule has 1 aromatic heterocycles. The summed E-state index contributed by atoms with van der Waals surface area (Å²) in [6.07, 6.45) is 1.70. The number of aryl methyl sites for hydroxylation is 2. The van der Waals surface area contributed by atoms with Gasteiger partial charge >= 0.3 is 5.97 Å². The van der Waals surface area contributed by atoms with E-state index < -0.39 is 5.97 Å². The SMILES string of the molecule is CCCc1nc2c(C)cc(C(=O)NC(CS)c3ccc(F)cc3)cc2n1Cc1ccc(-c2ccccc2C(=O)O)cc1. The Morgan fingerprint density at radius 3 is 2.40 bits per heavy atom. The number of thiol groups is 1. The minimum atomic E-state index is -0.961. The van der Waals surface area contributed by atoms with Crippen LogP contribution in [0.4, 0.5) is 4.39 Å². The van der Waals surface area contributed by atoms with Crippen molar-refractivity contribution in [2.75, 3.05) is 5.75 Å². The number of hydrogen-bond acceptors (Lipinski definition) is 4. The van der Waals surface area contributed by atoms with E-state index >= 15 is 0 Å². The number of carbonyl (C=O) groups is 2. The first-order valence-corrected chi connectivity index (χ1v) is 14.5. The van der Waals surface area contributed by atoms with E-state index in [1.54, 1.807) is 24.3 Å². The molecule has 1 heterocycles. The third-order valence-electron chi connectivity index (χ3n) is 7.38. The van der Waals surface area contributed by atoms with E-state index in [1.165, 1.54) is 12.1 Å². The zero-order valence-electron chi connectivity index (χ0n) is 23.5. The van der Waals surface area contributed by atoms with Gasteiger partial charge in [0.2, 0.25) is 0 Å². The summed E-state index contributed by atoms with van der Waals surface area (Å²) in [6, 6.07) is 24.3. The van der Waals surface area contributed by atoms with Crippen LogP contribution >= 0.6 is 12.6 Å². The summed E-state index contributed by atoms with van der Waals surface area (Å²) in [5.41, 5.74) is 6.71. The maximum Gasteiger partial charge on any atom is 0.336 e. The molecule has 0 radical (unpaired) electrons. The molecule has 0 spiro atoms. The number of nitrogens with one attached hydrogen (secondary N) is 1. The van der Waals surface area contributed by atoms with Gasteiger partial charge in [-0.15, -0.1) is 0 Å². The highest BCUT2D eigenvalue weighted by Crippen LogP contribution is 2.27. The first-order valence-electron chi connectivity index (χ1n) is 13.9. The lowest BCUT2D eigenvalue weighted by molar-refractivity contribution is 0.0697. The van der Waals surface area contributed by atoms with Crippen LogP contribution in [0.1, 0.15) is 62.6 Å². The van der Waals surface area contributed by atoms with E-state index in [-0.39, 0.29) is 23.3 Å². The molecule has 42 heavy (non-hydrogen) atoms. The number of hydrogen-bond donors (Lipinski definition) is 3. The van der Waals surface area contributed by atoms with Crippen LogP contribution in [0.2, 0.25) is 0 Å². The number of carbonyl (C=O) groups excluding carboxylic acids is 1. The molecule has 0 saturated carbocycles. The van der Waals surface area contributed by atoms with Crippen LogP contribution in [0.25, 0.3) is 22.2 Å². The Morgan fingerprint density at radius 1 is 1.02 bits per heavy atom. The predicted molar refractivity (Wildman–Crippen MR) is 167 cm³/mol. The summed E-state index contributed by atoms with van der Waals surface area (Å²) in [5.74, 6) is -0.232. The highest BCUT2D eigenvalue weighted by Gasteiger charge is 2.19. The molecule has 6 nitrogen and oxygen atoms in total.